The minimum absolute atomic E-state index is 0.131. The Bertz CT molecular complexity index is 1140. The van der Waals surface area contributed by atoms with E-state index in [9.17, 15) is 4.79 Å². The zero-order chi connectivity index (χ0) is 22.1. The van der Waals surface area contributed by atoms with Crippen LogP contribution < -0.4 is 14.2 Å². The van der Waals surface area contributed by atoms with Crippen molar-refractivity contribution in [2.75, 3.05) is 20.3 Å². The summed E-state index contributed by atoms with van der Waals surface area (Å²) < 4.78 is 17.5. The monoisotopic (exact) mass is 450 g/mol. The fourth-order valence-corrected chi connectivity index (χ4v) is 5.28. The Hall–Kier alpha value is -3.06. The van der Waals surface area contributed by atoms with Crippen LogP contribution in [0.4, 0.5) is 0 Å². The second kappa shape index (κ2) is 8.82. The molecule has 7 heteroatoms. The number of rotatable bonds is 5. The number of benzene rings is 2. The summed E-state index contributed by atoms with van der Waals surface area (Å²) >= 11 is 1.68. The van der Waals surface area contributed by atoms with Gasteiger partial charge in [0.05, 0.1) is 18.7 Å². The molecule has 0 N–H and O–H groups in total. The third kappa shape index (κ3) is 3.93. The predicted octanol–water partition coefficient (Wildman–Crippen LogP) is 5.15. The van der Waals surface area contributed by atoms with E-state index in [0.29, 0.717) is 37.7 Å². The van der Waals surface area contributed by atoms with Gasteiger partial charge in [0.15, 0.2) is 11.5 Å². The number of amides is 1. The summed E-state index contributed by atoms with van der Waals surface area (Å²) in [6.45, 7) is 3.59. The third-order valence-corrected chi connectivity index (χ3v) is 6.94. The number of fused-ring (bicyclic) bond motifs is 1. The SMILES string of the molecule is COc1ccc2c(c1C1CCCC(=O)N1Cc1cccc(-c3ncc(C)s3)c1)OCCO2. The smallest absolute Gasteiger partial charge is 0.223 e. The van der Waals surface area contributed by atoms with Crippen LogP contribution in [0.3, 0.4) is 0 Å². The Morgan fingerprint density at radius 2 is 2.09 bits per heavy atom. The number of ether oxygens (including phenoxy) is 3. The maximum atomic E-state index is 13.1. The van der Waals surface area contributed by atoms with E-state index >= 15 is 0 Å². The Labute approximate surface area is 191 Å². The summed E-state index contributed by atoms with van der Waals surface area (Å²) in [6, 6.07) is 12.0. The van der Waals surface area contributed by atoms with E-state index in [1.165, 1.54) is 4.88 Å². The van der Waals surface area contributed by atoms with Gasteiger partial charge in [0.25, 0.3) is 0 Å². The van der Waals surface area contributed by atoms with Gasteiger partial charge in [-0.05, 0) is 43.5 Å². The molecule has 2 aromatic carbocycles. The zero-order valence-corrected chi connectivity index (χ0v) is 19.1. The average Bonchev–Trinajstić information content (AvgIpc) is 3.26. The van der Waals surface area contributed by atoms with Gasteiger partial charge in [0, 0.05) is 29.6 Å². The Morgan fingerprint density at radius 1 is 1.22 bits per heavy atom. The lowest BCUT2D eigenvalue weighted by atomic mass is 9.92. The van der Waals surface area contributed by atoms with Gasteiger partial charge in [0.1, 0.15) is 24.0 Å². The van der Waals surface area contributed by atoms with Crippen LogP contribution in [0.2, 0.25) is 0 Å². The number of hydrogen-bond acceptors (Lipinski definition) is 6. The highest BCUT2D eigenvalue weighted by Gasteiger charge is 2.35. The average molecular weight is 451 g/mol. The molecule has 0 saturated carbocycles. The fraction of sp³-hybridized carbons (Fsp3) is 0.360. The number of likely N-dealkylation sites (tertiary alicyclic amines) is 1. The van der Waals surface area contributed by atoms with Crippen LogP contribution >= 0.6 is 11.3 Å². The van der Waals surface area contributed by atoms with Crippen molar-refractivity contribution in [3.8, 4) is 27.8 Å². The molecule has 32 heavy (non-hydrogen) atoms. The van der Waals surface area contributed by atoms with Crippen LogP contribution in [-0.4, -0.2) is 36.1 Å². The molecule has 1 aromatic heterocycles. The molecule has 0 aliphatic carbocycles. The summed E-state index contributed by atoms with van der Waals surface area (Å²) in [7, 11) is 1.66. The molecule has 1 atom stereocenters. The second-order valence-electron chi connectivity index (χ2n) is 8.11. The van der Waals surface area contributed by atoms with Gasteiger partial charge in [-0.25, -0.2) is 4.98 Å². The van der Waals surface area contributed by atoms with Gasteiger partial charge in [0.2, 0.25) is 5.91 Å². The first kappa shape index (κ1) is 20.8. The molecule has 0 bridgehead atoms. The minimum Gasteiger partial charge on any atom is -0.496 e. The van der Waals surface area contributed by atoms with Gasteiger partial charge in [-0.2, -0.15) is 0 Å². The molecular weight excluding hydrogens is 424 g/mol. The molecule has 6 nitrogen and oxygen atoms in total. The summed E-state index contributed by atoms with van der Waals surface area (Å²) in [5.74, 6) is 2.29. The Kier molecular flexibility index (Phi) is 5.74. The number of carbonyl (C=O) groups is 1. The first-order chi connectivity index (χ1) is 15.6. The van der Waals surface area contributed by atoms with E-state index < -0.39 is 0 Å². The number of methoxy groups -OCH3 is 1. The summed E-state index contributed by atoms with van der Waals surface area (Å²) in [5.41, 5.74) is 3.06. The Morgan fingerprint density at radius 3 is 2.91 bits per heavy atom. The van der Waals surface area contributed by atoms with Gasteiger partial charge in [-0.1, -0.05) is 18.2 Å². The van der Waals surface area contributed by atoms with Gasteiger partial charge < -0.3 is 19.1 Å². The molecule has 2 aliphatic rings. The molecule has 5 rings (SSSR count). The maximum absolute atomic E-state index is 13.1. The summed E-state index contributed by atoms with van der Waals surface area (Å²) in [5, 5.41) is 0.996. The van der Waals surface area contributed by atoms with Crippen molar-refractivity contribution in [1.29, 1.82) is 0 Å². The van der Waals surface area contributed by atoms with E-state index in [0.717, 1.165) is 40.3 Å². The molecule has 3 aromatic rings. The maximum Gasteiger partial charge on any atom is 0.223 e. The zero-order valence-electron chi connectivity index (χ0n) is 18.3. The number of nitrogens with zero attached hydrogens (tertiary/aromatic N) is 2. The molecule has 0 spiro atoms. The quantitative estimate of drug-likeness (QED) is 0.538. The highest BCUT2D eigenvalue weighted by Crippen LogP contribution is 2.47. The standard InChI is InChI=1S/C25H26N2O4S/c1-16-14-26-25(32-16)18-6-3-5-17(13-18)15-27-19(7-4-8-22(27)28)23-20(29-2)9-10-21-24(23)31-12-11-30-21/h3,5-6,9-10,13-14,19H,4,7-8,11-12,15H2,1-2H3. The van der Waals surface area contributed by atoms with Crippen LogP contribution in [0, 0.1) is 6.92 Å². The normalized spacial score (nSPS) is 18.0. The largest absolute Gasteiger partial charge is 0.496 e. The topological polar surface area (TPSA) is 60.9 Å². The van der Waals surface area contributed by atoms with E-state index in [1.807, 2.05) is 29.3 Å². The molecular formula is C25H26N2O4S. The number of carbonyl (C=O) groups excluding carboxylic acids is 1. The van der Waals surface area contributed by atoms with Crippen LogP contribution in [-0.2, 0) is 11.3 Å². The summed E-state index contributed by atoms with van der Waals surface area (Å²) in [4.78, 5) is 20.8. The van der Waals surface area contributed by atoms with E-state index in [-0.39, 0.29) is 11.9 Å². The second-order valence-corrected chi connectivity index (χ2v) is 9.35. The molecule has 1 amide bonds. The van der Waals surface area contributed by atoms with Crippen molar-refractivity contribution in [2.45, 2.75) is 38.8 Å². The lowest BCUT2D eigenvalue weighted by molar-refractivity contribution is -0.137. The van der Waals surface area contributed by atoms with Crippen molar-refractivity contribution < 1.29 is 19.0 Å². The molecule has 1 fully saturated rings. The predicted molar refractivity (Wildman–Crippen MR) is 123 cm³/mol. The van der Waals surface area contributed by atoms with E-state index in [2.05, 4.69) is 30.1 Å². The minimum atomic E-state index is -0.131. The first-order valence-corrected chi connectivity index (χ1v) is 11.7. The Balaban J connectivity index is 1.51. The fourth-order valence-electron chi connectivity index (χ4n) is 4.52. The molecule has 2 aliphatic heterocycles. The van der Waals surface area contributed by atoms with Crippen molar-refractivity contribution >= 4 is 17.2 Å². The van der Waals surface area contributed by atoms with Crippen molar-refractivity contribution in [1.82, 2.24) is 9.88 Å². The lowest BCUT2D eigenvalue weighted by Gasteiger charge is -2.38. The highest BCUT2D eigenvalue weighted by atomic mass is 32.1. The van der Waals surface area contributed by atoms with Crippen molar-refractivity contribution in [3.63, 3.8) is 0 Å². The van der Waals surface area contributed by atoms with Gasteiger partial charge in [-0.15, -0.1) is 11.3 Å². The first-order valence-electron chi connectivity index (χ1n) is 10.9. The lowest BCUT2D eigenvalue weighted by Crippen LogP contribution is -2.38. The van der Waals surface area contributed by atoms with Crippen LogP contribution in [0.25, 0.3) is 10.6 Å². The van der Waals surface area contributed by atoms with Crippen molar-refractivity contribution in [3.05, 3.63) is 58.6 Å². The van der Waals surface area contributed by atoms with Gasteiger partial charge in [-0.3, -0.25) is 4.79 Å². The molecule has 1 unspecified atom stereocenters. The highest BCUT2D eigenvalue weighted by molar-refractivity contribution is 7.14. The van der Waals surface area contributed by atoms with Crippen LogP contribution in [0.15, 0.2) is 42.6 Å². The van der Waals surface area contributed by atoms with Crippen molar-refractivity contribution in [2.24, 2.45) is 0 Å². The third-order valence-electron chi connectivity index (χ3n) is 5.97. The molecule has 166 valence electrons. The van der Waals surface area contributed by atoms with Gasteiger partial charge >= 0.3 is 0 Å². The molecule has 1 saturated heterocycles. The summed E-state index contributed by atoms with van der Waals surface area (Å²) in [6.07, 6.45) is 4.14. The number of thiazole rings is 1. The number of hydrogen-bond donors (Lipinski definition) is 0. The van der Waals surface area contributed by atoms with Crippen LogP contribution in [0.5, 0.6) is 17.2 Å². The van der Waals surface area contributed by atoms with E-state index in [4.69, 9.17) is 14.2 Å². The van der Waals surface area contributed by atoms with E-state index in [1.54, 1.807) is 18.4 Å². The molecule has 0 radical (unpaired) electrons. The van der Waals surface area contributed by atoms with Crippen LogP contribution in [0.1, 0.15) is 41.3 Å². The number of aryl methyl sites for hydroxylation is 1. The molecule has 3 heterocycles. The number of aromatic nitrogens is 1. The number of piperidine rings is 1.